The Morgan fingerprint density at radius 2 is 1.82 bits per heavy atom. The molecule has 3 rings (SSSR count). The summed E-state index contributed by atoms with van der Waals surface area (Å²) in [6, 6.07) is 8.42. The molecule has 0 aliphatic heterocycles. The predicted molar refractivity (Wildman–Crippen MR) is 81.4 cm³/mol. The maximum Gasteiger partial charge on any atom is 0.132 e. The van der Waals surface area contributed by atoms with Gasteiger partial charge in [-0.15, -0.1) is 11.3 Å². The molecule has 1 nitrogen and oxygen atoms in total. The first-order chi connectivity index (χ1) is 10.5. The minimum absolute atomic E-state index is 0.254. The minimum atomic E-state index is -0.609. The molecule has 0 aliphatic rings. The van der Waals surface area contributed by atoms with E-state index in [-0.39, 0.29) is 12.2 Å². The highest BCUT2D eigenvalue weighted by Gasteiger charge is 2.12. The summed E-state index contributed by atoms with van der Waals surface area (Å²) in [6.45, 7) is 1.82. The molecule has 0 spiro atoms. The summed E-state index contributed by atoms with van der Waals surface area (Å²) in [5.74, 6) is -1.54. The molecule has 0 aliphatic carbocycles. The molecule has 0 bridgehead atoms. The van der Waals surface area contributed by atoms with Crippen molar-refractivity contribution in [3.8, 4) is 11.3 Å². The van der Waals surface area contributed by atoms with E-state index in [0.29, 0.717) is 21.8 Å². The molecule has 112 valence electrons. The first-order valence-electron chi connectivity index (χ1n) is 6.68. The van der Waals surface area contributed by atoms with Crippen molar-refractivity contribution in [2.45, 2.75) is 13.3 Å². The number of nitrogens with zero attached hydrogens (tertiary/aromatic N) is 1. The lowest BCUT2D eigenvalue weighted by Crippen LogP contribution is -1.93. The van der Waals surface area contributed by atoms with Crippen LogP contribution in [0, 0.1) is 24.4 Å². The lowest BCUT2D eigenvalue weighted by atomic mass is 10.1. The fourth-order valence-corrected chi connectivity index (χ4v) is 2.99. The number of thiazole rings is 1. The van der Waals surface area contributed by atoms with E-state index in [9.17, 15) is 13.2 Å². The largest absolute Gasteiger partial charge is 0.241 e. The average molecular weight is 319 g/mol. The monoisotopic (exact) mass is 319 g/mol. The molecule has 0 atom stereocenters. The van der Waals surface area contributed by atoms with E-state index in [1.165, 1.54) is 29.5 Å². The number of aromatic nitrogens is 1. The van der Waals surface area contributed by atoms with Crippen LogP contribution in [0.4, 0.5) is 13.2 Å². The number of benzene rings is 2. The van der Waals surface area contributed by atoms with Crippen molar-refractivity contribution < 1.29 is 13.2 Å². The van der Waals surface area contributed by atoms with Gasteiger partial charge in [0, 0.05) is 23.4 Å². The van der Waals surface area contributed by atoms with Gasteiger partial charge in [0.1, 0.15) is 17.5 Å². The van der Waals surface area contributed by atoms with E-state index in [1.54, 1.807) is 11.4 Å². The summed E-state index contributed by atoms with van der Waals surface area (Å²) < 4.78 is 40.5. The molecule has 3 aromatic rings. The van der Waals surface area contributed by atoms with Gasteiger partial charge in [-0.25, -0.2) is 18.2 Å². The number of halogens is 3. The third kappa shape index (κ3) is 3.04. The molecule has 22 heavy (non-hydrogen) atoms. The Labute approximate surface area is 130 Å². The van der Waals surface area contributed by atoms with Crippen LogP contribution < -0.4 is 0 Å². The molecule has 0 unspecified atom stereocenters. The smallest absolute Gasteiger partial charge is 0.132 e. The number of hydrogen-bond donors (Lipinski definition) is 0. The van der Waals surface area contributed by atoms with Crippen molar-refractivity contribution in [3.63, 3.8) is 0 Å². The van der Waals surface area contributed by atoms with Crippen LogP contribution in [0.5, 0.6) is 0 Å². The zero-order valence-corrected chi connectivity index (χ0v) is 12.6. The van der Waals surface area contributed by atoms with Crippen LogP contribution in [0.1, 0.15) is 16.1 Å². The van der Waals surface area contributed by atoms with Crippen molar-refractivity contribution in [3.05, 3.63) is 75.4 Å². The van der Waals surface area contributed by atoms with Gasteiger partial charge in [0.25, 0.3) is 0 Å². The maximum atomic E-state index is 13.9. The van der Waals surface area contributed by atoms with Crippen LogP contribution in [-0.2, 0) is 6.42 Å². The third-order valence-electron chi connectivity index (χ3n) is 3.31. The third-order valence-corrected chi connectivity index (χ3v) is 4.16. The zero-order valence-electron chi connectivity index (χ0n) is 11.7. The Bertz CT molecular complexity index is 827. The Hall–Kier alpha value is -2.14. The van der Waals surface area contributed by atoms with Crippen LogP contribution >= 0.6 is 11.3 Å². The van der Waals surface area contributed by atoms with Gasteiger partial charge in [-0.05, 0) is 36.2 Å². The Kier molecular flexibility index (Phi) is 3.98. The standard InChI is InChI=1S/C17H12F3NS/c1-10-2-5-13(15(20)6-10)16-9-22-17(21-16)7-11-3-4-12(18)8-14(11)19/h2-6,8-9H,7H2,1H3. The molecular weight excluding hydrogens is 307 g/mol. The lowest BCUT2D eigenvalue weighted by molar-refractivity contribution is 0.574. The Morgan fingerprint density at radius 1 is 1.00 bits per heavy atom. The molecular formula is C17H12F3NS. The molecule has 0 N–H and O–H groups in total. The fourth-order valence-electron chi connectivity index (χ4n) is 2.17. The van der Waals surface area contributed by atoms with E-state index in [2.05, 4.69) is 4.98 Å². The van der Waals surface area contributed by atoms with Crippen molar-refractivity contribution >= 4 is 11.3 Å². The van der Waals surface area contributed by atoms with Crippen LogP contribution in [0.2, 0.25) is 0 Å². The van der Waals surface area contributed by atoms with Crippen molar-refractivity contribution in [1.29, 1.82) is 0 Å². The molecule has 0 amide bonds. The molecule has 0 fully saturated rings. The average Bonchev–Trinajstić information content (AvgIpc) is 2.90. The molecule has 1 heterocycles. The predicted octanol–water partition coefficient (Wildman–Crippen LogP) is 5.13. The van der Waals surface area contributed by atoms with E-state index in [0.717, 1.165) is 11.6 Å². The maximum absolute atomic E-state index is 13.9. The van der Waals surface area contributed by atoms with Gasteiger partial charge in [0.2, 0.25) is 0 Å². The molecule has 5 heteroatoms. The summed E-state index contributed by atoms with van der Waals surface area (Å²) >= 11 is 1.33. The number of rotatable bonds is 3. The summed E-state index contributed by atoms with van der Waals surface area (Å²) in [7, 11) is 0. The van der Waals surface area contributed by atoms with E-state index in [1.807, 2.05) is 13.0 Å². The van der Waals surface area contributed by atoms with Gasteiger partial charge in [-0.1, -0.05) is 12.1 Å². The van der Waals surface area contributed by atoms with Gasteiger partial charge in [-0.2, -0.15) is 0 Å². The minimum Gasteiger partial charge on any atom is -0.241 e. The molecule has 0 saturated heterocycles. The van der Waals surface area contributed by atoms with Gasteiger partial charge in [0.05, 0.1) is 10.7 Å². The molecule has 0 saturated carbocycles. The summed E-state index contributed by atoms with van der Waals surface area (Å²) in [5.41, 5.74) is 2.16. The molecule has 0 radical (unpaired) electrons. The SMILES string of the molecule is Cc1ccc(-c2csc(Cc3ccc(F)cc3F)n2)c(F)c1. The Balaban J connectivity index is 1.87. The van der Waals surface area contributed by atoms with E-state index in [4.69, 9.17) is 0 Å². The van der Waals surface area contributed by atoms with Crippen molar-refractivity contribution in [1.82, 2.24) is 4.98 Å². The first kappa shape index (κ1) is 14.8. The second-order valence-electron chi connectivity index (χ2n) is 5.02. The van der Waals surface area contributed by atoms with Gasteiger partial charge in [-0.3, -0.25) is 0 Å². The summed E-state index contributed by atoms with van der Waals surface area (Å²) in [6.07, 6.45) is 0.254. The Morgan fingerprint density at radius 3 is 2.55 bits per heavy atom. The molecule has 1 aromatic heterocycles. The highest BCUT2D eigenvalue weighted by atomic mass is 32.1. The van der Waals surface area contributed by atoms with E-state index < -0.39 is 11.6 Å². The summed E-state index contributed by atoms with van der Waals surface area (Å²) in [4.78, 5) is 4.35. The van der Waals surface area contributed by atoms with Crippen LogP contribution in [0.15, 0.2) is 41.8 Å². The summed E-state index contributed by atoms with van der Waals surface area (Å²) in [5, 5.41) is 2.39. The second-order valence-corrected chi connectivity index (χ2v) is 5.96. The first-order valence-corrected chi connectivity index (χ1v) is 7.56. The number of hydrogen-bond acceptors (Lipinski definition) is 2. The van der Waals surface area contributed by atoms with Crippen LogP contribution in [0.3, 0.4) is 0 Å². The quantitative estimate of drug-likeness (QED) is 0.652. The molecule has 2 aromatic carbocycles. The van der Waals surface area contributed by atoms with E-state index >= 15 is 0 Å². The highest BCUT2D eigenvalue weighted by Crippen LogP contribution is 2.26. The number of aryl methyl sites for hydroxylation is 1. The van der Waals surface area contributed by atoms with Crippen LogP contribution in [0.25, 0.3) is 11.3 Å². The van der Waals surface area contributed by atoms with Gasteiger partial charge >= 0.3 is 0 Å². The van der Waals surface area contributed by atoms with Crippen molar-refractivity contribution in [2.75, 3.05) is 0 Å². The lowest BCUT2D eigenvalue weighted by Gasteiger charge is -2.02. The van der Waals surface area contributed by atoms with Gasteiger partial charge < -0.3 is 0 Å². The second kappa shape index (κ2) is 5.93. The normalized spacial score (nSPS) is 10.9. The zero-order chi connectivity index (χ0) is 15.7. The topological polar surface area (TPSA) is 12.9 Å². The van der Waals surface area contributed by atoms with Crippen molar-refractivity contribution in [2.24, 2.45) is 0 Å². The highest BCUT2D eigenvalue weighted by molar-refractivity contribution is 7.10. The van der Waals surface area contributed by atoms with Crippen LogP contribution in [-0.4, -0.2) is 4.98 Å². The van der Waals surface area contributed by atoms with Gasteiger partial charge in [0.15, 0.2) is 0 Å². The fraction of sp³-hybridized carbons (Fsp3) is 0.118.